The van der Waals surface area contributed by atoms with Crippen LogP contribution in [-0.2, 0) is 32.7 Å². The summed E-state index contributed by atoms with van der Waals surface area (Å²) in [6.45, 7) is 4.34. The summed E-state index contributed by atoms with van der Waals surface area (Å²) in [6.07, 6.45) is 80.0. The third-order valence-corrected chi connectivity index (χ3v) is 15.5. The van der Waals surface area contributed by atoms with Gasteiger partial charge in [0.15, 0.2) is 6.10 Å². The fourth-order valence-corrected chi connectivity index (χ4v) is 10.2. The van der Waals surface area contributed by atoms with Crippen molar-refractivity contribution in [3.8, 4) is 0 Å². The highest BCUT2D eigenvalue weighted by Crippen LogP contribution is 2.43. The molecule has 0 saturated carbocycles. The summed E-state index contributed by atoms with van der Waals surface area (Å²) in [7, 11) is 1.47. The number of esters is 2. The Labute approximate surface area is 489 Å². The third kappa shape index (κ3) is 64.5. The average Bonchev–Trinajstić information content (AvgIpc) is 3.41. The molecule has 1 N–H and O–H groups in total. The molecule has 0 aromatic carbocycles. The normalized spacial score (nSPS) is 13.6. The predicted octanol–water partition coefficient (Wildman–Crippen LogP) is 21.2. The van der Waals surface area contributed by atoms with Gasteiger partial charge in [-0.15, -0.1) is 0 Å². The van der Waals surface area contributed by atoms with E-state index in [1.54, 1.807) is 0 Å². The maximum Gasteiger partial charge on any atom is 0.472 e. The van der Waals surface area contributed by atoms with Crippen molar-refractivity contribution in [2.45, 2.75) is 309 Å². The van der Waals surface area contributed by atoms with Gasteiger partial charge < -0.3 is 18.9 Å². The van der Waals surface area contributed by atoms with Crippen molar-refractivity contribution in [1.82, 2.24) is 0 Å². The van der Waals surface area contributed by atoms with E-state index in [0.29, 0.717) is 17.4 Å². The summed E-state index contributed by atoms with van der Waals surface area (Å²) < 4.78 is 34.7. The minimum atomic E-state index is -4.40. The molecule has 0 aliphatic rings. The van der Waals surface area contributed by atoms with Gasteiger partial charge in [-0.3, -0.25) is 18.6 Å². The first-order chi connectivity index (χ1) is 38.5. The van der Waals surface area contributed by atoms with Gasteiger partial charge >= 0.3 is 19.8 Å². The molecule has 10 heteroatoms. The molecule has 0 bridgehead atoms. The Morgan fingerprint density at radius 3 is 1.08 bits per heavy atom. The van der Waals surface area contributed by atoms with Crippen LogP contribution in [0.15, 0.2) is 72.9 Å². The number of phosphoric acid groups is 1. The summed E-state index contributed by atoms with van der Waals surface area (Å²) >= 11 is 0. The molecule has 460 valence electrons. The zero-order valence-corrected chi connectivity index (χ0v) is 53.2. The largest absolute Gasteiger partial charge is 0.472 e. The van der Waals surface area contributed by atoms with Crippen LogP contribution >= 0.6 is 7.82 Å². The van der Waals surface area contributed by atoms with Crippen LogP contribution in [0.2, 0.25) is 0 Å². The molecule has 79 heavy (non-hydrogen) atoms. The number of carbonyl (C=O) groups excluding carboxylic acids is 2. The molecule has 2 unspecified atom stereocenters. The van der Waals surface area contributed by atoms with Gasteiger partial charge in [-0.1, -0.05) is 299 Å². The second kappa shape index (κ2) is 60.1. The minimum absolute atomic E-state index is 0.0267. The van der Waals surface area contributed by atoms with E-state index >= 15 is 0 Å². The first kappa shape index (κ1) is 76.5. The Hall–Kier alpha value is -2.55. The van der Waals surface area contributed by atoms with Crippen LogP contribution in [0.3, 0.4) is 0 Å². The van der Waals surface area contributed by atoms with Gasteiger partial charge in [0.05, 0.1) is 27.7 Å². The number of quaternary nitrogens is 1. The van der Waals surface area contributed by atoms with Gasteiger partial charge in [-0.05, 0) is 64.2 Å². The molecule has 0 saturated heterocycles. The molecule has 0 heterocycles. The van der Waals surface area contributed by atoms with Gasteiger partial charge in [-0.2, -0.15) is 0 Å². The molecule has 0 fully saturated rings. The number of hydrogen-bond acceptors (Lipinski definition) is 7. The number of ether oxygens (including phenoxy) is 2. The Morgan fingerprint density at radius 1 is 0.405 bits per heavy atom. The lowest BCUT2D eigenvalue weighted by atomic mass is 10.0. The van der Waals surface area contributed by atoms with E-state index in [-0.39, 0.29) is 32.0 Å². The van der Waals surface area contributed by atoms with Crippen molar-refractivity contribution in [1.29, 1.82) is 0 Å². The van der Waals surface area contributed by atoms with Crippen LogP contribution in [-0.4, -0.2) is 74.9 Å². The zero-order chi connectivity index (χ0) is 57.7. The van der Waals surface area contributed by atoms with Crippen LogP contribution in [0.25, 0.3) is 0 Å². The molecule has 0 spiro atoms. The number of nitrogens with zero attached hydrogens (tertiary/aromatic N) is 1. The predicted molar refractivity (Wildman–Crippen MR) is 339 cm³/mol. The number of rotatable bonds is 61. The molecule has 0 aliphatic carbocycles. The number of likely N-dealkylation sites (N-methyl/N-ethyl adjacent to an activating group) is 1. The Morgan fingerprint density at radius 2 is 0.722 bits per heavy atom. The molecular weight excluding hydrogens is 1000 g/mol. The minimum Gasteiger partial charge on any atom is -0.462 e. The Kier molecular flexibility index (Phi) is 58.1. The molecule has 0 aromatic heterocycles. The zero-order valence-electron chi connectivity index (χ0n) is 52.4. The lowest BCUT2D eigenvalue weighted by Crippen LogP contribution is -2.37. The molecule has 0 rings (SSSR count). The van der Waals surface area contributed by atoms with Crippen molar-refractivity contribution >= 4 is 19.8 Å². The van der Waals surface area contributed by atoms with Crippen molar-refractivity contribution in [3.63, 3.8) is 0 Å². The highest BCUT2D eigenvalue weighted by molar-refractivity contribution is 7.47. The number of carbonyl (C=O) groups is 2. The highest BCUT2D eigenvalue weighted by Gasteiger charge is 2.27. The number of allylic oxidation sites excluding steroid dienone is 12. The molecule has 9 nitrogen and oxygen atoms in total. The van der Waals surface area contributed by atoms with E-state index in [4.69, 9.17) is 18.5 Å². The Balaban J connectivity index is 4.08. The lowest BCUT2D eigenvalue weighted by molar-refractivity contribution is -0.870. The molecule has 0 amide bonds. The fraction of sp³-hybridized carbons (Fsp3) is 0.797. The Bertz CT molecular complexity index is 1560. The monoisotopic (exact) mass is 1130 g/mol. The van der Waals surface area contributed by atoms with Crippen LogP contribution in [0.1, 0.15) is 303 Å². The van der Waals surface area contributed by atoms with Crippen LogP contribution in [0, 0.1) is 0 Å². The van der Waals surface area contributed by atoms with Crippen LogP contribution in [0.5, 0.6) is 0 Å². The van der Waals surface area contributed by atoms with Gasteiger partial charge in [0.1, 0.15) is 19.8 Å². The summed E-state index contributed by atoms with van der Waals surface area (Å²) in [6, 6.07) is 0. The van der Waals surface area contributed by atoms with Gasteiger partial charge in [0.2, 0.25) is 0 Å². The van der Waals surface area contributed by atoms with Crippen LogP contribution < -0.4 is 0 Å². The summed E-state index contributed by atoms with van der Waals surface area (Å²) in [4.78, 5) is 35.8. The summed E-state index contributed by atoms with van der Waals surface area (Å²) in [5.41, 5.74) is 0. The van der Waals surface area contributed by atoms with Crippen LogP contribution in [0.4, 0.5) is 0 Å². The van der Waals surface area contributed by atoms with E-state index < -0.39 is 26.5 Å². The van der Waals surface area contributed by atoms with Gasteiger partial charge in [0.25, 0.3) is 0 Å². The summed E-state index contributed by atoms with van der Waals surface area (Å²) in [5.74, 6) is -0.805. The maximum absolute atomic E-state index is 12.8. The van der Waals surface area contributed by atoms with E-state index in [0.717, 1.165) is 96.3 Å². The fourth-order valence-electron chi connectivity index (χ4n) is 9.43. The molecule has 0 aliphatic heterocycles. The standard InChI is InChI=1S/C69H126NO8P/c1-6-8-10-12-14-16-18-20-22-24-26-28-30-32-33-34-35-36-38-39-41-43-45-47-49-51-53-55-57-59-61-68(71)75-65-67(66-77-79(73,74)76-64-63-70(3,4)5)78-69(72)62-60-58-56-54-52-50-48-46-44-42-40-37-31-29-27-25-23-21-19-17-15-13-11-9-7-2/h9,11,15,17,21,23,27,29,37,40,44,46,67H,6-8,10,12-14,16,18-20,22,24-26,28,30-36,38-39,41-43,45,47-66H2,1-5H3/p+1/b11-9-,17-15-,23-21-,29-27-,40-37-,46-44-. The number of phosphoric ester groups is 1. The van der Waals surface area contributed by atoms with E-state index in [2.05, 4.69) is 86.8 Å². The van der Waals surface area contributed by atoms with Gasteiger partial charge in [0, 0.05) is 12.8 Å². The second-order valence-corrected chi connectivity index (χ2v) is 24.9. The third-order valence-electron chi connectivity index (χ3n) is 14.5. The van der Waals surface area contributed by atoms with E-state index in [1.165, 1.54) is 173 Å². The topological polar surface area (TPSA) is 108 Å². The van der Waals surface area contributed by atoms with Crippen molar-refractivity contribution < 1.29 is 42.1 Å². The lowest BCUT2D eigenvalue weighted by Gasteiger charge is -2.24. The molecule has 0 aromatic rings. The van der Waals surface area contributed by atoms with Crippen molar-refractivity contribution in [2.24, 2.45) is 0 Å². The van der Waals surface area contributed by atoms with Crippen molar-refractivity contribution in [3.05, 3.63) is 72.9 Å². The van der Waals surface area contributed by atoms with E-state index in [9.17, 15) is 19.0 Å². The van der Waals surface area contributed by atoms with Gasteiger partial charge in [-0.25, -0.2) is 4.57 Å². The second-order valence-electron chi connectivity index (χ2n) is 23.5. The average molecular weight is 1130 g/mol. The summed E-state index contributed by atoms with van der Waals surface area (Å²) in [5, 5.41) is 0. The SMILES string of the molecule is CC/C=C\C/C=C\C/C=C\C/C=C\C/C=C\C/C=C\CCCCCCCCC(=O)OC(COC(=O)CCCCCCCCCCCCCCCCCCCCCCCCCCCCCCCC)COP(=O)(O)OCC[N+](C)(C)C. The van der Waals surface area contributed by atoms with Crippen molar-refractivity contribution in [2.75, 3.05) is 47.5 Å². The number of unbranched alkanes of at least 4 members (excludes halogenated alkanes) is 35. The molecule has 2 atom stereocenters. The smallest absolute Gasteiger partial charge is 0.462 e. The maximum atomic E-state index is 12.8. The first-order valence-corrected chi connectivity index (χ1v) is 34.7. The highest BCUT2D eigenvalue weighted by atomic mass is 31.2. The quantitative estimate of drug-likeness (QED) is 0.0211. The molecule has 0 radical (unpaired) electrons. The first-order valence-electron chi connectivity index (χ1n) is 33.2. The van der Waals surface area contributed by atoms with E-state index in [1.807, 2.05) is 21.1 Å². The number of hydrogen-bond donors (Lipinski definition) is 1. The molecular formula is C69H127NO8P+.